The largest absolute Gasteiger partial charge is 0.490 e. The molecule has 1 aliphatic rings. The minimum absolute atomic E-state index is 0.154. The van der Waals surface area contributed by atoms with Gasteiger partial charge in [-0.2, -0.15) is 0 Å². The van der Waals surface area contributed by atoms with E-state index < -0.39 is 28.1 Å². The molecule has 1 aromatic heterocycles. The Bertz CT molecular complexity index is 1540. The number of para-hydroxylation sites is 1. The number of rotatable bonds is 8. The lowest BCUT2D eigenvalue weighted by Gasteiger charge is -2.35. The van der Waals surface area contributed by atoms with Crippen molar-refractivity contribution < 1.29 is 32.6 Å². The lowest BCUT2D eigenvalue weighted by Crippen LogP contribution is -2.48. The van der Waals surface area contributed by atoms with Crippen molar-refractivity contribution in [3.05, 3.63) is 71.6 Å². The van der Waals surface area contributed by atoms with E-state index in [1.165, 1.54) is 12.1 Å². The Kier molecular flexibility index (Phi) is 12.4. The van der Waals surface area contributed by atoms with Crippen LogP contribution in [-0.2, 0) is 14.8 Å². The number of nitrogens with zero attached hydrogens (tertiary/aromatic N) is 2. The van der Waals surface area contributed by atoms with E-state index in [0.29, 0.717) is 24.5 Å². The van der Waals surface area contributed by atoms with Crippen LogP contribution >= 0.6 is 11.3 Å². The van der Waals surface area contributed by atoms with Crippen LogP contribution in [0.5, 0.6) is 5.75 Å². The number of amides is 3. The number of carbonyl (C=O) groups excluding carboxylic acids is 2. The molecule has 13 heteroatoms. The van der Waals surface area contributed by atoms with E-state index in [0.717, 1.165) is 24.2 Å². The van der Waals surface area contributed by atoms with Gasteiger partial charge in [-0.1, -0.05) is 31.2 Å². The molecule has 0 saturated heterocycles. The molecule has 3 N–H and O–H groups in total. The summed E-state index contributed by atoms with van der Waals surface area (Å²) < 4.78 is 41.2. The molecule has 0 bridgehead atoms. The number of anilines is 2. The fourth-order valence-corrected chi connectivity index (χ4v) is 7.21. The summed E-state index contributed by atoms with van der Waals surface area (Å²) in [6.07, 6.45) is 1.67. The highest BCUT2D eigenvalue weighted by Gasteiger charge is 2.31. The number of hydrogen-bond donors (Lipinski definition) is 3. The molecule has 3 aromatic rings. The Morgan fingerprint density at radius 3 is 2.57 bits per heavy atom. The van der Waals surface area contributed by atoms with Crippen LogP contribution in [0.25, 0.3) is 0 Å². The fraction of sp³-hybridized carbons (Fsp3) is 0.455. The van der Waals surface area contributed by atoms with Crippen LogP contribution in [-0.4, -0.2) is 86.9 Å². The molecular formula is C33H44N4O7S2. The first kappa shape index (κ1) is 35.2. The monoisotopic (exact) mass is 672 g/mol. The molecule has 1 aliphatic heterocycles. The molecule has 4 rings (SSSR count). The minimum Gasteiger partial charge on any atom is -0.490 e. The molecule has 0 fully saturated rings. The number of urea groups is 1. The lowest BCUT2D eigenvalue weighted by molar-refractivity contribution is -0.0115. The number of aliphatic hydroxyl groups excluding tert-OH is 1. The van der Waals surface area contributed by atoms with E-state index >= 15 is 0 Å². The zero-order chi connectivity index (χ0) is 33.3. The average molecular weight is 673 g/mol. The normalized spacial score (nSPS) is 20.5. The summed E-state index contributed by atoms with van der Waals surface area (Å²) in [6, 6.07) is 16.2. The van der Waals surface area contributed by atoms with E-state index in [1.54, 1.807) is 47.4 Å². The van der Waals surface area contributed by atoms with Crippen molar-refractivity contribution in [1.29, 1.82) is 0 Å². The van der Waals surface area contributed by atoms with Crippen LogP contribution in [0.3, 0.4) is 0 Å². The quantitative estimate of drug-likeness (QED) is 0.287. The van der Waals surface area contributed by atoms with Gasteiger partial charge in [0, 0.05) is 44.0 Å². The Morgan fingerprint density at radius 2 is 1.87 bits per heavy atom. The molecule has 3 amide bonds. The number of thiophene rings is 1. The van der Waals surface area contributed by atoms with Crippen molar-refractivity contribution >= 4 is 44.7 Å². The van der Waals surface area contributed by atoms with Gasteiger partial charge < -0.3 is 29.7 Å². The zero-order valence-electron chi connectivity index (χ0n) is 26.7. The van der Waals surface area contributed by atoms with Gasteiger partial charge in [-0.05, 0) is 74.9 Å². The number of aliphatic hydroxyl groups is 1. The molecule has 0 radical (unpaired) electrons. The van der Waals surface area contributed by atoms with Gasteiger partial charge in [0.25, 0.3) is 15.9 Å². The van der Waals surface area contributed by atoms with E-state index in [2.05, 4.69) is 10.0 Å². The van der Waals surface area contributed by atoms with E-state index in [1.807, 2.05) is 44.2 Å². The molecule has 46 heavy (non-hydrogen) atoms. The molecule has 11 nitrogen and oxygen atoms in total. The maximum Gasteiger partial charge on any atom is 0.321 e. The smallest absolute Gasteiger partial charge is 0.321 e. The Hall–Kier alpha value is -3.65. The maximum atomic E-state index is 14.3. The topological polar surface area (TPSA) is 138 Å². The fourth-order valence-electron chi connectivity index (χ4n) is 5.16. The summed E-state index contributed by atoms with van der Waals surface area (Å²) in [5, 5.41) is 14.7. The van der Waals surface area contributed by atoms with Crippen molar-refractivity contribution in [2.45, 2.75) is 62.5 Å². The summed E-state index contributed by atoms with van der Waals surface area (Å²) in [5.41, 5.74) is 1.08. The SMILES string of the molecule is C[C@H](CO)N1C[C@H](C)[C@@H](CN(C)C(=O)Nc2ccccc2)OCCCC[C@H](C)Oc2ccc(NS(=O)(=O)c3cccs3)cc2C1=O. The third-order valence-electron chi connectivity index (χ3n) is 7.89. The number of carbonyl (C=O) groups is 2. The van der Waals surface area contributed by atoms with Gasteiger partial charge in [0.15, 0.2) is 0 Å². The maximum absolute atomic E-state index is 14.3. The molecule has 2 heterocycles. The third kappa shape index (κ3) is 9.44. The molecule has 0 unspecified atom stereocenters. The number of hydrogen-bond acceptors (Lipinski definition) is 8. The first-order valence-corrected chi connectivity index (χ1v) is 17.8. The zero-order valence-corrected chi connectivity index (χ0v) is 28.4. The van der Waals surface area contributed by atoms with E-state index in [9.17, 15) is 23.1 Å². The van der Waals surface area contributed by atoms with Crippen LogP contribution in [0.2, 0.25) is 0 Å². The standard InChI is InChI=1S/C33H44N4O7S2/c1-23-20-37(24(2)22-38)32(39)28-19-27(35-46(41,42)31-14-10-18-45-31)15-16-29(28)44-25(3)11-8-9-17-43-30(23)21-36(4)33(40)34-26-12-6-5-7-13-26/h5-7,10,12-16,18-19,23-25,30,35,38H,8-9,11,17,20-22H2,1-4H3,(H,34,40)/t23-,24+,25-,30+/m0/s1. The van der Waals surface area contributed by atoms with Crippen LogP contribution < -0.4 is 14.8 Å². The molecule has 4 atom stereocenters. The molecule has 250 valence electrons. The lowest BCUT2D eigenvalue weighted by atomic mass is 10.0. The van der Waals surface area contributed by atoms with Crippen molar-refractivity contribution in [3.8, 4) is 5.75 Å². The second-order valence-electron chi connectivity index (χ2n) is 11.7. The number of ether oxygens (including phenoxy) is 2. The number of benzene rings is 2. The summed E-state index contributed by atoms with van der Waals surface area (Å²) in [7, 11) is -2.15. The molecule has 0 saturated carbocycles. The predicted molar refractivity (Wildman–Crippen MR) is 180 cm³/mol. The molecule has 2 aromatic carbocycles. The first-order chi connectivity index (χ1) is 22.0. The minimum atomic E-state index is -3.85. The van der Waals surface area contributed by atoms with Crippen molar-refractivity contribution in [1.82, 2.24) is 9.80 Å². The summed E-state index contributed by atoms with van der Waals surface area (Å²) in [4.78, 5) is 30.4. The summed E-state index contributed by atoms with van der Waals surface area (Å²) >= 11 is 1.09. The second-order valence-corrected chi connectivity index (χ2v) is 14.6. The highest BCUT2D eigenvalue weighted by atomic mass is 32.2. The van der Waals surface area contributed by atoms with Gasteiger partial charge in [-0.25, -0.2) is 13.2 Å². The van der Waals surface area contributed by atoms with Crippen molar-refractivity contribution in [2.75, 3.05) is 43.4 Å². The second kappa shape index (κ2) is 16.3. The highest BCUT2D eigenvalue weighted by molar-refractivity contribution is 7.94. The Balaban J connectivity index is 1.62. The molecule has 0 spiro atoms. The molecular weight excluding hydrogens is 629 g/mol. The van der Waals surface area contributed by atoms with Crippen LogP contribution in [0.15, 0.2) is 70.3 Å². The number of nitrogens with one attached hydrogen (secondary N) is 2. The Morgan fingerprint density at radius 1 is 1.11 bits per heavy atom. The van der Waals surface area contributed by atoms with Gasteiger partial charge in [-0.15, -0.1) is 11.3 Å². The van der Waals surface area contributed by atoms with Gasteiger partial charge in [-0.3, -0.25) is 9.52 Å². The van der Waals surface area contributed by atoms with Crippen LogP contribution in [0, 0.1) is 5.92 Å². The highest BCUT2D eigenvalue weighted by Crippen LogP contribution is 2.30. The van der Waals surface area contributed by atoms with Crippen molar-refractivity contribution in [2.24, 2.45) is 5.92 Å². The number of likely N-dealkylation sites (N-methyl/N-ethyl adjacent to an activating group) is 1. The van der Waals surface area contributed by atoms with E-state index in [-0.39, 0.29) is 53.2 Å². The first-order valence-electron chi connectivity index (χ1n) is 15.5. The van der Waals surface area contributed by atoms with Crippen LogP contribution in [0.4, 0.5) is 16.2 Å². The number of fused-ring (bicyclic) bond motifs is 1. The van der Waals surface area contributed by atoms with Gasteiger partial charge in [0.05, 0.1) is 30.4 Å². The summed E-state index contributed by atoms with van der Waals surface area (Å²) in [6.45, 7) is 6.29. The van der Waals surface area contributed by atoms with Crippen LogP contribution in [0.1, 0.15) is 50.4 Å². The summed E-state index contributed by atoms with van der Waals surface area (Å²) in [5.74, 6) is -0.322. The number of sulfonamides is 1. The van der Waals surface area contributed by atoms with Gasteiger partial charge >= 0.3 is 6.03 Å². The third-order valence-corrected chi connectivity index (χ3v) is 10.7. The van der Waals surface area contributed by atoms with Crippen molar-refractivity contribution in [3.63, 3.8) is 0 Å². The van der Waals surface area contributed by atoms with Gasteiger partial charge in [0.1, 0.15) is 9.96 Å². The Labute approximate surface area is 275 Å². The van der Waals surface area contributed by atoms with E-state index in [4.69, 9.17) is 9.47 Å². The predicted octanol–water partition coefficient (Wildman–Crippen LogP) is 5.51. The average Bonchev–Trinajstić information content (AvgIpc) is 3.59. The molecule has 0 aliphatic carbocycles. The van der Waals surface area contributed by atoms with Gasteiger partial charge in [0.2, 0.25) is 0 Å².